The SMILES string of the molecule is CNCC1(C)CCc2ccc(Cl)cc2C1. The molecule has 0 amide bonds. The largest absolute Gasteiger partial charge is 0.319 e. The van der Waals surface area contributed by atoms with Crippen molar-refractivity contribution in [3.05, 3.63) is 34.3 Å². The van der Waals surface area contributed by atoms with Gasteiger partial charge in [0.25, 0.3) is 0 Å². The molecule has 0 aromatic heterocycles. The first-order valence-corrected chi connectivity index (χ1v) is 5.93. The van der Waals surface area contributed by atoms with Crippen LogP contribution < -0.4 is 5.32 Å². The molecule has 1 atom stereocenters. The average molecular weight is 224 g/mol. The van der Waals surface area contributed by atoms with Crippen molar-refractivity contribution in [1.29, 1.82) is 0 Å². The number of nitrogens with one attached hydrogen (secondary N) is 1. The summed E-state index contributed by atoms with van der Waals surface area (Å²) in [7, 11) is 2.03. The lowest BCUT2D eigenvalue weighted by atomic mass is 9.73. The summed E-state index contributed by atoms with van der Waals surface area (Å²) in [6, 6.07) is 6.31. The number of rotatable bonds is 2. The smallest absolute Gasteiger partial charge is 0.0408 e. The van der Waals surface area contributed by atoms with Gasteiger partial charge in [0.15, 0.2) is 0 Å². The van der Waals surface area contributed by atoms with Crippen LogP contribution in [-0.2, 0) is 12.8 Å². The summed E-state index contributed by atoms with van der Waals surface area (Å²) in [5.74, 6) is 0. The van der Waals surface area contributed by atoms with Gasteiger partial charge in [-0.05, 0) is 55.0 Å². The molecule has 1 aliphatic rings. The highest BCUT2D eigenvalue weighted by molar-refractivity contribution is 6.30. The summed E-state index contributed by atoms with van der Waals surface area (Å²) in [5, 5.41) is 4.15. The molecule has 0 saturated carbocycles. The zero-order valence-corrected chi connectivity index (χ0v) is 10.2. The minimum Gasteiger partial charge on any atom is -0.319 e. The first-order valence-electron chi connectivity index (χ1n) is 5.55. The van der Waals surface area contributed by atoms with Crippen molar-refractivity contribution in [2.75, 3.05) is 13.6 Å². The Bertz CT molecular complexity index is 362. The normalized spacial score (nSPS) is 25.0. The van der Waals surface area contributed by atoms with Crippen molar-refractivity contribution in [3.63, 3.8) is 0 Å². The van der Waals surface area contributed by atoms with Crippen molar-refractivity contribution in [2.45, 2.75) is 26.2 Å². The van der Waals surface area contributed by atoms with E-state index >= 15 is 0 Å². The molecule has 1 aliphatic carbocycles. The molecular formula is C13H18ClN. The second-order valence-electron chi connectivity index (χ2n) is 4.93. The molecule has 82 valence electrons. The number of halogens is 1. The predicted molar refractivity (Wildman–Crippen MR) is 65.5 cm³/mol. The van der Waals surface area contributed by atoms with Crippen LogP contribution >= 0.6 is 11.6 Å². The highest BCUT2D eigenvalue weighted by Crippen LogP contribution is 2.35. The van der Waals surface area contributed by atoms with Gasteiger partial charge in [0.1, 0.15) is 0 Å². The zero-order valence-electron chi connectivity index (χ0n) is 9.44. The van der Waals surface area contributed by atoms with Crippen LogP contribution in [0.15, 0.2) is 18.2 Å². The van der Waals surface area contributed by atoms with Gasteiger partial charge in [-0.3, -0.25) is 0 Å². The summed E-state index contributed by atoms with van der Waals surface area (Å²) in [5.41, 5.74) is 3.31. The minimum atomic E-state index is 0.395. The van der Waals surface area contributed by atoms with Gasteiger partial charge in [0.05, 0.1) is 0 Å². The summed E-state index contributed by atoms with van der Waals surface area (Å²) in [4.78, 5) is 0. The Morgan fingerprint density at radius 2 is 2.20 bits per heavy atom. The summed E-state index contributed by atoms with van der Waals surface area (Å²) in [6.07, 6.45) is 3.59. The van der Waals surface area contributed by atoms with E-state index in [0.29, 0.717) is 5.41 Å². The van der Waals surface area contributed by atoms with E-state index in [4.69, 9.17) is 11.6 Å². The molecule has 1 aromatic carbocycles. The molecule has 15 heavy (non-hydrogen) atoms. The molecule has 1 nitrogen and oxygen atoms in total. The van der Waals surface area contributed by atoms with Gasteiger partial charge in [0.2, 0.25) is 0 Å². The molecule has 1 aromatic rings. The number of hydrogen-bond acceptors (Lipinski definition) is 1. The fourth-order valence-corrected chi connectivity index (χ4v) is 2.76. The fourth-order valence-electron chi connectivity index (χ4n) is 2.57. The van der Waals surface area contributed by atoms with Crippen LogP contribution in [0.25, 0.3) is 0 Å². The molecule has 2 heteroatoms. The van der Waals surface area contributed by atoms with E-state index in [1.54, 1.807) is 0 Å². The highest BCUT2D eigenvalue weighted by atomic mass is 35.5. The van der Waals surface area contributed by atoms with Crippen molar-refractivity contribution < 1.29 is 0 Å². The topological polar surface area (TPSA) is 12.0 Å². The molecule has 0 radical (unpaired) electrons. The molecular weight excluding hydrogens is 206 g/mol. The number of aryl methyl sites for hydroxylation is 1. The second kappa shape index (κ2) is 4.15. The quantitative estimate of drug-likeness (QED) is 0.813. The van der Waals surface area contributed by atoms with Gasteiger partial charge in [0, 0.05) is 11.6 Å². The van der Waals surface area contributed by atoms with Gasteiger partial charge >= 0.3 is 0 Å². The maximum Gasteiger partial charge on any atom is 0.0408 e. The van der Waals surface area contributed by atoms with E-state index in [1.807, 2.05) is 13.1 Å². The number of benzene rings is 1. The highest BCUT2D eigenvalue weighted by Gasteiger charge is 2.28. The van der Waals surface area contributed by atoms with E-state index in [2.05, 4.69) is 24.4 Å². The Balaban J connectivity index is 2.25. The fraction of sp³-hybridized carbons (Fsp3) is 0.538. The minimum absolute atomic E-state index is 0.395. The lowest BCUT2D eigenvalue weighted by Gasteiger charge is -2.35. The molecule has 1 N–H and O–H groups in total. The molecule has 0 aliphatic heterocycles. The van der Waals surface area contributed by atoms with Crippen LogP contribution in [0.1, 0.15) is 24.5 Å². The van der Waals surface area contributed by atoms with Gasteiger partial charge in [-0.1, -0.05) is 24.6 Å². The monoisotopic (exact) mass is 223 g/mol. The third-order valence-electron chi connectivity index (χ3n) is 3.39. The molecule has 0 bridgehead atoms. The number of hydrogen-bond donors (Lipinski definition) is 1. The maximum atomic E-state index is 6.03. The third-order valence-corrected chi connectivity index (χ3v) is 3.62. The van der Waals surface area contributed by atoms with Gasteiger partial charge < -0.3 is 5.32 Å². The van der Waals surface area contributed by atoms with Crippen molar-refractivity contribution in [3.8, 4) is 0 Å². The van der Waals surface area contributed by atoms with Crippen LogP contribution in [0.3, 0.4) is 0 Å². The van der Waals surface area contributed by atoms with Crippen molar-refractivity contribution in [2.24, 2.45) is 5.41 Å². The Morgan fingerprint density at radius 1 is 1.40 bits per heavy atom. The van der Waals surface area contributed by atoms with Crippen LogP contribution in [0.4, 0.5) is 0 Å². The second-order valence-corrected chi connectivity index (χ2v) is 5.37. The molecule has 2 rings (SSSR count). The molecule has 0 saturated heterocycles. The first kappa shape index (κ1) is 11.0. The van der Waals surface area contributed by atoms with E-state index in [0.717, 1.165) is 18.0 Å². The van der Waals surface area contributed by atoms with Gasteiger partial charge in [-0.2, -0.15) is 0 Å². The lowest BCUT2D eigenvalue weighted by Crippen LogP contribution is -2.35. The Labute approximate surface area is 96.8 Å². The summed E-state index contributed by atoms with van der Waals surface area (Å²) in [6.45, 7) is 3.44. The predicted octanol–water partition coefficient (Wildman–Crippen LogP) is 3.05. The van der Waals surface area contributed by atoms with Crippen LogP contribution in [0, 0.1) is 5.41 Å². The van der Waals surface area contributed by atoms with E-state index in [1.165, 1.54) is 24.0 Å². The van der Waals surface area contributed by atoms with Crippen molar-refractivity contribution >= 4 is 11.6 Å². The summed E-state index contributed by atoms with van der Waals surface area (Å²) >= 11 is 6.03. The lowest BCUT2D eigenvalue weighted by molar-refractivity contribution is 0.271. The van der Waals surface area contributed by atoms with E-state index < -0.39 is 0 Å². The van der Waals surface area contributed by atoms with Gasteiger partial charge in [-0.15, -0.1) is 0 Å². The molecule has 0 spiro atoms. The van der Waals surface area contributed by atoms with Crippen LogP contribution in [0.2, 0.25) is 5.02 Å². The van der Waals surface area contributed by atoms with Gasteiger partial charge in [-0.25, -0.2) is 0 Å². The standard InChI is InChI=1S/C13H18ClN/c1-13(9-15-2)6-5-10-3-4-12(14)7-11(10)8-13/h3-4,7,15H,5-6,8-9H2,1-2H3. The van der Waals surface area contributed by atoms with E-state index in [9.17, 15) is 0 Å². The maximum absolute atomic E-state index is 6.03. The Kier molecular flexibility index (Phi) is 3.03. The zero-order chi connectivity index (χ0) is 10.9. The van der Waals surface area contributed by atoms with Crippen LogP contribution in [0.5, 0.6) is 0 Å². The molecule has 1 unspecified atom stereocenters. The molecule has 0 heterocycles. The third kappa shape index (κ3) is 2.35. The first-order chi connectivity index (χ1) is 7.13. The summed E-state index contributed by atoms with van der Waals surface area (Å²) < 4.78 is 0. The van der Waals surface area contributed by atoms with E-state index in [-0.39, 0.29) is 0 Å². The number of fused-ring (bicyclic) bond motifs is 1. The van der Waals surface area contributed by atoms with Crippen molar-refractivity contribution in [1.82, 2.24) is 5.32 Å². The molecule has 0 fully saturated rings. The Morgan fingerprint density at radius 3 is 2.93 bits per heavy atom. The van der Waals surface area contributed by atoms with Crippen LogP contribution in [-0.4, -0.2) is 13.6 Å². The average Bonchev–Trinajstić information content (AvgIpc) is 2.17. The Hall–Kier alpha value is -0.530.